The summed E-state index contributed by atoms with van der Waals surface area (Å²) in [6, 6.07) is 5.94. The number of halogens is 1. The Bertz CT molecular complexity index is 405. The minimum atomic E-state index is -0.155. The van der Waals surface area contributed by atoms with Crippen LogP contribution in [-0.2, 0) is 0 Å². The van der Waals surface area contributed by atoms with Gasteiger partial charge < -0.3 is 10.6 Å². The zero-order valence-electron chi connectivity index (χ0n) is 11.3. The van der Waals surface area contributed by atoms with Crippen molar-refractivity contribution < 1.29 is 4.39 Å². The molecule has 0 aliphatic carbocycles. The predicted octanol–water partition coefficient (Wildman–Crippen LogP) is 3.01. The van der Waals surface area contributed by atoms with E-state index in [2.05, 4.69) is 11.8 Å². The van der Waals surface area contributed by atoms with E-state index in [0.29, 0.717) is 11.6 Å². The summed E-state index contributed by atoms with van der Waals surface area (Å²) in [4.78, 5) is 2.48. The fourth-order valence-corrected chi connectivity index (χ4v) is 2.64. The monoisotopic (exact) mass is 250 g/mol. The van der Waals surface area contributed by atoms with Gasteiger partial charge in [-0.1, -0.05) is 12.1 Å². The van der Waals surface area contributed by atoms with Crippen LogP contribution >= 0.6 is 0 Å². The van der Waals surface area contributed by atoms with Gasteiger partial charge in [-0.3, -0.25) is 0 Å². The van der Waals surface area contributed by atoms with Gasteiger partial charge in [-0.15, -0.1) is 0 Å². The smallest absolute Gasteiger partial charge is 0.126 e. The highest BCUT2D eigenvalue weighted by atomic mass is 19.1. The Balaban J connectivity index is 1.90. The third-order valence-corrected chi connectivity index (χ3v) is 4.04. The number of likely N-dealkylation sites (tertiary alicyclic amines) is 1. The van der Waals surface area contributed by atoms with Crippen LogP contribution in [0.1, 0.15) is 43.4 Å². The van der Waals surface area contributed by atoms with E-state index in [0.717, 1.165) is 18.5 Å². The molecule has 3 heteroatoms. The Kier molecular flexibility index (Phi) is 4.36. The van der Waals surface area contributed by atoms with Crippen LogP contribution in [0, 0.1) is 12.7 Å². The fraction of sp³-hybridized carbons (Fsp3) is 0.600. The molecular formula is C15H23FN2. The highest BCUT2D eigenvalue weighted by Gasteiger charge is 2.20. The van der Waals surface area contributed by atoms with Crippen molar-refractivity contribution in [1.82, 2.24) is 4.90 Å². The van der Waals surface area contributed by atoms with E-state index in [4.69, 9.17) is 5.73 Å². The number of nitrogens with two attached hydrogens (primary N) is 1. The molecule has 100 valence electrons. The first-order chi connectivity index (χ1) is 8.58. The molecule has 0 spiro atoms. The molecule has 0 aromatic heterocycles. The molecule has 0 radical (unpaired) electrons. The summed E-state index contributed by atoms with van der Waals surface area (Å²) in [5.74, 6) is -0.155. The first-order valence-electron chi connectivity index (χ1n) is 6.83. The normalized spacial score (nSPS) is 22.3. The molecule has 2 nitrogen and oxygen atoms in total. The van der Waals surface area contributed by atoms with Gasteiger partial charge in [-0.05, 0) is 56.8 Å². The minimum Gasteiger partial charge on any atom is -0.324 e. The largest absolute Gasteiger partial charge is 0.324 e. The number of hydrogen-bond acceptors (Lipinski definition) is 2. The van der Waals surface area contributed by atoms with Gasteiger partial charge in [0.2, 0.25) is 0 Å². The van der Waals surface area contributed by atoms with Gasteiger partial charge in [0.15, 0.2) is 0 Å². The lowest BCUT2D eigenvalue weighted by Crippen LogP contribution is -2.30. The topological polar surface area (TPSA) is 29.3 Å². The summed E-state index contributed by atoms with van der Waals surface area (Å²) < 4.78 is 13.5. The maximum Gasteiger partial charge on any atom is 0.126 e. The van der Waals surface area contributed by atoms with Gasteiger partial charge in [-0.25, -0.2) is 4.39 Å². The lowest BCUT2D eigenvalue weighted by atomic mass is 10.0. The Labute approximate surface area is 109 Å². The van der Waals surface area contributed by atoms with Gasteiger partial charge in [0.1, 0.15) is 5.82 Å². The lowest BCUT2D eigenvalue weighted by molar-refractivity contribution is 0.258. The average molecular weight is 250 g/mol. The average Bonchev–Trinajstić information content (AvgIpc) is 2.75. The Morgan fingerprint density at radius 2 is 2.28 bits per heavy atom. The molecule has 2 unspecified atom stereocenters. The van der Waals surface area contributed by atoms with Crippen molar-refractivity contribution in [2.24, 2.45) is 5.73 Å². The first kappa shape index (κ1) is 13.5. The van der Waals surface area contributed by atoms with E-state index in [-0.39, 0.29) is 11.9 Å². The van der Waals surface area contributed by atoms with Crippen molar-refractivity contribution in [3.8, 4) is 0 Å². The number of hydrogen-bond donors (Lipinski definition) is 1. The molecule has 1 aliphatic heterocycles. The Hall–Kier alpha value is -0.930. The van der Waals surface area contributed by atoms with Gasteiger partial charge >= 0.3 is 0 Å². The number of nitrogens with zero attached hydrogens (tertiary/aromatic N) is 1. The third kappa shape index (κ3) is 3.09. The van der Waals surface area contributed by atoms with Gasteiger partial charge in [0.25, 0.3) is 0 Å². The van der Waals surface area contributed by atoms with Crippen molar-refractivity contribution in [3.05, 3.63) is 35.1 Å². The molecule has 18 heavy (non-hydrogen) atoms. The number of benzene rings is 1. The van der Waals surface area contributed by atoms with Gasteiger partial charge in [0, 0.05) is 18.6 Å². The third-order valence-electron chi connectivity index (χ3n) is 4.04. The molecule has 0 saturated carbocycles. The van der Waals surface area contributed by atoms with Crippen LogP contribution < -0.4 is 5.73 Å². The quantitative estimate of drug-likeness (QED) is 0.890. The highest BCUT2D eigenvalue weighted by molar-refractivity contribution is 5.25. The second-order valence-corrected chi connectivity index (χ2v) is 5.43. The summed E-state index contributed by atoms with van der Waals surface area (Å²) in [7, 11) is 0. The van der Waals surface area contributed by atoms with Crippen molar-refractivity contribution in [2.75, 3.05) is 13.1 Å². The van der Waals surface area contributed by atoms with Crippen molar-refractivity contribution in [1.29, 1.82) is 0 Å². The lowest BCUT2D eigenvalue weighted by Gasteiger charge is -2.23. The fourth-order valence-electron chi connectivity index (χ4n) is 2.64. The summed E-state index contributed by atoms with van der Waals surface area (Å²) >= 11 is 0. The molecule has 0 amide bonds. The molecule has 1 aromatic rings. The molecule has 1 heterocycles. The summed E-state index contributed by atoms with van der Waals surface area (Å²) in [5.41, 5.74) is 7.73. The molecule has 1 fully saturated rings. The molecule has 1 aliphatic rings. The van der Waals surface area contributed by atoms with Crippen molar-refractivity contribution in [2.45, 2.75) is 45.2 Å². The number of rotatable bonds is 4. The number of aryl methyl sites for hydroxylation is 1. The Morgan fingerprint density at radius 1 is 1.50 bits per heavy atom. The Morgan fingerprint density at radius 3 is 2.89 bits per heavy atom. The van der Waals surface area contributed by atoms with E-state index < -0.39 is 0 Å². The zero-order chi connectivity index (χ0) is 13.1. The van der Waals surface area contributed by atoms with Gasteiger partial charge in [-0.2, -0.15) is 0 Å². The summed E-state index contributed by atoms with van der Waals surface area (Å²) in [6.07, 6.45) is 3.47. The maximum atomic E-state index is 13.5. The van der Waals surface area contributed by atoms with E-state index in [1.54, 1.807) is 13.0 Å². The molecule has 2 N–H and O–H groups in total. The van der Waals surface area contributed by atoms with E-state index in [1.165, 1.54) is 19.4 Å². The molecule has 2 rings (SSSR count). The van der Waals surface area contributed by atoms with Crippen LogP contribution in [0.3, 0.4) is 0 Å². The zero-order valence-corrected chi connectivity index (χ0v) is 11.3. The van der Waals surface area contributed by atoms with Crippen LogP contribution in [0.15, 0.2) is 18.2 Å². The van der Waals surface area contributed by atoms with Crippen LogP contribution in [0.4, 0.5) is 4.39 Å². The maximum absolute atomic E-state index is 13.5. The standard InChI is InChI=1S/C15H23FN2/c1-11-5-6-13(10-14(11)16)15(17)7-9-18-8-3-4-12(18)2/h5-6,10,12,15H,3-4,7-9,17H2,1-2H3. The van der Waals surface area contributed by atoms with Gasteiger partial charge in [0.05, 0.1) is 0 Å². The summed E-state index contributed by atoms with van der Waals surface area (Å²) in [5, 5.41) is 0. The van der Waals surface area contributed by atoms with Crippen LogP contribution in [0.5, 0.6) is 0 Å². The summed E-state index contributed by atoms with van der Waals surface area (Å²) in [6.45, 7) is 6.23. The van der Waals surface area contributed by atoms with Crippen molar-refractivity contribution >= 4 is 0 Å². The SMILES string of the molecule is Cc1ccc(C(N)CCN2CCCC2C)cc1F. The first-order valence-corrected chi connectivity index (χ1v) is 6.83. The molecule has 1 aromatic carbocycles. The molecule has 0 bridgehead atoms. The van der Waals surface area contributed by atoms with Crippen LogP contribution in [0.25, 0.3) is 0 Å². The van der Waals surface area contributed by atoms with Crippen LogP contribution in [-0.4, -0.2) is 24.0 Å². The minimum absolute atomic E-state index is 0.0621. The molecular weight excluding hydrogens is 227 g/mol. The second kappa shape index (κ2) is 5.81. The predicted molar refractivity (Wildman–Crippen MR) is 73.0 cm³/mol. The van der Waals surface area contributed by atoms with E-state index in [9.17, 15) is 4.39 Å². The van der Waals surface area contributed by atoms with E-state index >= 15 is 0 Å². The molecule has 2 atom stereocenters. The van der Waals surface area contributed by atoms with E-state index in [1.807, 2.05) is 12.1 Å². The van der Waals surface area contributed by atoms with Crippen molar-refractivity contribution in [3.63, 3.8) is 0 Å². The highest BCUT2D eigenvalue weighted by Crippen LogP contribution is 2.21. The molecule has 1 saturated heterocycles. The second-order valence-electron chi connectivity index (χ2n) is 5.43. The van der Waals surface area contributed by atoms with Crippen LogP contribution in [0.2, 0.25) is 0 Å².